The number of thiazole rings is 1. The Hall–Kier alpha value is -1.68. The van der Waals surface area contributed by atoms with E-state index in [4.69, 9.17) is 9.90 Å². The lowest BCUT2D eigenvalue weighted by Gasteiger charge is -2.23. The van der Waals surface area contributed by atoms with Gasteiger partial charge in [0.15, 0.2) is 0 Å². The van der Waals surface area contributed by atoms with Crippen LogP contribution in [0.25, 0.3) is 0 Å². The molecular weight excluding hydrogens is 371 g/mol. The van der Waals surface area contributed by atoms with Crippen LogP contribution in [0.15, 0.2) is 5.38 Å². The van der Waals surface area contributed by atoms with Crippen LogP contribution in [0.3, 0.4) is 0 Å². The first kappa shape index (κ1) is 20.6. The minimum absolute atomic E-state index is 0.224. The van der Waals surface area contributed by atoms with Gasteiger partial charge in [-0.25, -0.2) is 9.78 Å². The summed E-state index contributed by atoms with van der Waals surface area (Å²) in [6.45, 7) is 10.0. The molecule has 2 aliphatic rings. The Kier molecular flexibility index (Phi) is 6.28. The molecule has 3 heterocycles. The van der Waals surface area contributed by atoms with Crippen molar-refractivity contribution in [1.29, 1.82) is 0 Å². The summed E-state index contributed by atoms with van der Waals surface area (Å²) in [5.41, 5.74) is 1.04. The average Bonchev–Trinajstić information content (AvgIpc) is 3.18. The zero-order chi connectivity index (χ0) is 19.6. The second-order valence-electron chi connectivity index (χ2n) is 6.79. The molecule has 2 fully saturated rings. The van der Waals surface area contributed by atoms with E-state index >= 15 is 0 Å². The van der Waals surface area contributed by atoms with E-state index in [-0.39, 0.29) is 5.92 Å². The first-order valence-corrected chi connectivity index (χ1v) is 9.11. The molecule has 10 heteroatoms. The summed E-state index contributed by atoms with van der Waals surface area (Å²) in [4.78, 5) is 30.2. The molecule has 0 spiro atoms. The van der Waals surface area contributed by atoms with Gasteiger partial charge in [0.1, 0.15) is 0 Å². The fourth-order valence-corrected chi connectivity index (χ4v) is 3.82. The molecule has 1 aromatic rings. The van der Waals surface area contributed by atoms with E-state index in [0.29, 0.717) is 24.4 Å². The zero-order valence-electron chi connectivity index (χ0n) is 14.8. The molecule has 2 aliphatic heterocycles. The Morgan fingerprint density at radius 2 is 2.00 bits per heavy atom. The molecule has 1 aromatic heterocycles. The number of carbonyl (C=O) groups is 2. The first-order chi connectivity index (χ1) is 12.0. The normalized spacial score (nSPS) is 23.2. The number of carbonyl (C=O) groups excluding carboxylic acids is 1. The highest BCUT2D eigenvalue weighted by Gasteiger charge is 2.46. The Morgan fingerprint density at radius 3 is 2.42 bits per heavy atom. The van der Waals surface area contributed by atoms with Crippen LogP contribution in [-0.4, -0.2) is 63.6 Å². The number of halogens is 3. The Labute approximate surface area is 153 Å². The maximum Gasteiger partial charge on any atom is 0.490 e. The molecule has 0 saturated carbocycles. The standard InChI is InChI=1S/C14H21N3OS.C2HF3O2/c1-9(2)16-4-11-5-17(14(18)13(11)7-16)6-12-8-19-10(3)15-12;3-2(4,5)1(6)7/h8-9,11,13H,4-7H2,1-3H3;(H,6,7)/t11-,13-;/m0./s1. The quantitative estimate of drug-likeness (QED) is 0.854. The monoisotopic (exact) mass is 393 g/mol. The van der Waals surface area contributed by atoms with Gasteiger partial charge in [0.05, 0.1) is 23.2 Å². The van der Waals surface area contributed by atoms with E-state index in [0.717, 1.165) is 30.3 Å². The second kappa shape index (κ2) is 7.91. The van der Waals surface area contributed by atoms with Gasteiger partial charge in [-0.2, -0.15) is 13.2 Å². The van der Waals surface area contributed by atoms with Crippen molar-refractivity contribution in [3.8, 4) is 0 Å². The SMILES string of the molecule is Cc1nc(CN2C[C@@H]3CN(C(C)C)C[C@@H]3C2=O)cs1.O=C(O)C(F)(F)F. The van der Waals surface area contributed by atoms with Gasteiger partial charge in [0.2, 0.25) is 5.91 Å². The van der Waals surface area contributed by atoms with E-state index < -0.39 is 12.1 Å². The molecule has 0 unspecified atom stereocenters. The number of carboxylic acids is 1. The first-order valence-electron chi connectivity index (χ1n) is 8.23. The smallest absolute Gasteiger partial charge is 0.475 e. The third-order valence-corrected chi connectivity index (χ3v) is 5.37. The van der Waals surface area contributed by atoms with Crippen LogP contribution < -0.4 is 0 Å². The largest absolute Gasteiger partial charge is 0.490 e. The maximum absolute atomic E-state index is 12.4. The highest BCUT2D eigenvalue weighted by atomic mass is 32.1. The van der Waals surface area contributed by atoms with Crippen molar-refractivity contribution in [2.75, 3.05) is 19.6 Å². The van der Waals surface area contributed by atoms with E-state index in [2.05, 4.69) is 29.1 Å². The summed E-state index contributed by atoms with van der Waals surface area (Å²) >= 11 is 1.66. The number of hydrogen-bond acceptors (Lipinski definition) is 5. The van der Waals surface area contributed by atoms with Gasteiger partial charge < -0.3 is 10.0 Å². The number of hydrogen-bond donors (Lipinski definition) is 1. The molecule has 2 saturated heterocycles. The summed E-state index contributed by atoms with van der Waals surface area (Å²) in [5, 5.41) is 10.3. The predicted molar refractivity (Wildman–Crippen MR) is 89.6 cm³/mol. The number of aryl methyl sites for hydroxylation is 1. The zero-order valence-corrected chi connectivity index (χ0v) is 15.6. The van der Waals surface area contributed by atoms with Gasteiger partial charge in [0.25, 0.3) is 0 Å². The van der Waals surface area contributed by atoms with Crippen molar-refractivity contribution < 1.29 is 27.9 Å². The summed E-state index contributed by atoms with van der Waals surface area (Å²) in [5.74, 6) is -1.68. The van der Waals surface area contributed by atoms with Gasteiger partial charge >= 0.3 is 12.1 Å². The lowest BCUT2D eigenvalue weighted by Crippen LogP contribution is -2.35. The summed E-state index contributed by atoms with van der Waals surface area (Å²) in [6, 6.07) is 0.549. The van der Waals surface area contributed by atoms with Crippen molar-refractivity contribution in [2.24, 2.45) is 11.8 Å². The number of alkyl halides is 3. The van der Waals surface area contributed by atoms with Crippen molar-refractivity contribution in [3.05, 3.63) is 16.1 Å². The molecular formula is C16H22F3N3O3S. The highest BCUT2D eigenvalue weighted by molar-refractivity contribution is 7.09. The fourth-order valence-electron chi connectivity index (χ4n) is 3.22. The number of rotatable bonds is 3. The van der Waals surface area contributed by atoms with Crippen LogP contribution in [0.1, 0.15) is 24.5 Å². The molecule has 0 aromatic carbocycles. The van der Waals surface area contributed by atoms with Gasteiger partial charge in [-0.05, 0) is 20.8 Å². The van der Waals surface area contributed by atoms with Crippen LogP contribution in [0.4, 0.5) is 13.2 Å². The minimum atomic E-state index is -5.08. The van der Waals surface area contributed by atoms with Crippen molar-refractivity contribution in [1.82, 2.24) is 14.8 Å². The van der Waals surface area contributed by atoms with Crippen LogP contribution >= 0.6 is 11.3 Å². The van der Waals surface area contributed by atoms with E-state index in [1.807, 2.05) is 11.8 Å². The third-order valence-electron chi connectivity index (χ3n) is 4.55. The topological polar surface area (TPSA) is 73.7 Å². The molecule has 0 aliphatic carbocycles. The van der Waals surface area contributed by atoms with Crippen LogP contribution in [-0.2, 0) is 16.1 Å². The lowest BCUT2D eigenvalue weighted by atomic mass is 10.0. The maximum atomic E-state index is 12.4. The Morgan fingerprint density at radius 1 is 1.38 bits per heavy atom. The highest BCUT2D eigenvalue weighted by Crippen LogP contribution is 2.33. The number of aliphatic carboxylic acids is 1. The number of nitrogens with zero attached hydrogens (tertiary/aromatic N) is 3. The fraction of sp³-hybridized carbons (Fsp3) is 0.688. The van der Waals surface area contributed by atoms with Crippen molar-refractivity contribution in [3.63, 3.8) is 0 Å². The number of likely N-dealkylation sites (tertiary alicyclic amines) is 2. The molecule has 1 amide bonds. The van der Waals surface area contributed by atoms with Gasteiger partial charge in [-0.1, -0.05) is 0 Å². The van der Waals surface area contributed by atoms with Gasteiger partial charge in [-0.3, -0.25) is 9.69 Å². The van der Waals surface area contributed by atoms with Gasteiger partial charge in [0, 0.05) is 37.0 Å². The van der Waals surface area contributed by atoms with E-state index in [1.54, 1.807) is 11.3 Å². The third kappa shape index (κ3) is 4.94. The Bertz CT molecular complexity index is 663. The molecule has 6 nitrogen and oxygen atoms in total. The lowest BCUT2D eigenvalue weighted by molar-refractivity contribution is -0.192. The second-order valence-corrected chi connectivity index (χ2v) is 7.86. The predicted octanol–water partition coefficient (Wildman–Crippen LogP) is 2.38. The summed E-state index contributed by atoms with van der Waals surface area (Å²) < 4.78 is 31.7. The number of carboxylic acid groups (broad SMARTS) is 1. The van der Waals surface area contributed by atoms with Crippen molar-refractivity contribution in [2.45, 2.75) is 39.5 Å². The van der Waals surface area contributed by atoms with Crippen LogP contribution in [0.2, 0.25) is 0 Å². The van der Waals surface area contributed by atoms with Crippen LogP contribution in [0.5, 0.6) is 0 Å². The van der Waals surface area contributed by atoms with Crippen molar-refractivity contribution >= 4 is 23.2 Å². The minimum Gasteiger partial charge on any atom is -0.475 e. The van der Waals surface area contributed by atoms with Gasteiger partial charge in [-0.15, -0.1) is 11.3 Å². The molecule has 2 atom stereocenters. The molecule has 3 rings (SSSR count). The number of fused-ring (bicyclic) bond motifs is 1. The van der Waals surface area contributed by atoms with E-state index in [1.165, 1.54) is 0 Å². The van der Waals surface area contributed by atoms with Crippen LogP contribution in [0, 0.1) is 18.8 Å². The van der Waals surface area contributed by atoms with E-state index in [9.17, 15) is 18.0 Å². The molecule has 0 bridgehead atoms. The molecule has 0 radical (unpaired) electrons. The molecule has 26 heavy (non-hydrogen) atoms. The number of amides is 1. The molecule has 1 N–H and O–H groups in total. The Balaban J connectivity index is 0.000000298. The molecule has 146 valence electrons. The summed E-state index contributed by atoms with van der Waals surface area (Å²) in [7, 11) is 0. The number of aromatic nitrogens is 1. The summed E-state index contributed by atoms with van der Waals surface area (Å²) in [6.07, 6.45) is -5.08. The average molecular weight is 393 g/mol.